The van der Waals surface area contributed by atoms with Crippen molar-refractivity contribution in [3.63, 3.8) is 0 Å². The molecule has 1 fully saturated rings. The lowest BCUT2D eigenvalue weighted by Crippen LogP contribution is -2.41. The second kappa shape index (κ2) is 3.30. The third-order valence-electron chi connectivity index (χ3n) is 3.02. The Morgan fingerprint density at radius 2 is 1.93 bits per heavy atom. The highest BCUT2D eigenvalue weighted by Gasteiger charge is 2.52. The van der Waals surface area contributed by atoms with Crippen molar-refractivity contribution in [2.75, 3.05) is 0 Å². The first-order valence-corrected chi connectivity index (χ1v) is 5.72. The minimum absolute atomic E-state index is 0.118. The van der Waals surface area contributed by atoms with Gasteiger partial charge in [-0.2, -0.15) is 0 Å². The summed E-state index contributed by atoms with van der Waals surface area (Å²) in [5.74, 6) is 0. The molecule has 0 N–H and O–H groups in total. The van der Waals surface area contributed by atoms with Crippen LogP contribution in [0.5, 0.6) is 0 Å². The molecule has 3 nitrogen and oxygen atoms in total. The van der Waals surface area contributed by atoms with Gasteiger partial charge in [0.2, 0.25) is 0 Å². The predicted molar refractivity (Wildman–Crippen MR) is 62.6 cm³/mol. The number of nitrogens with zero attached hydrogens (tertiary/aromatic N) is 1. The van der Waals surface area contributed by atoms with Crippen molar-refractivity contribution in [3.8, 4) is 0 Å². The summed E-state index contributed by atoms with van der Waals surface area (Å²) in [5.41, 5.74) is -0.354. The van der Waals surface area contributed by atoms with Crippen LogP contribution in [0, 0.1) is 6.85 Å². The van der Waals surface area contributed by atoms with E-state index in [2.05, 4.69) is 4.98 Å². The molecule has 0 atom stereocenters. The molecule has 0 spiro atoms. The first kappa shape index (κ1) is 7.82. The average molecular weight is 228 g/mol. The van der Waals surface area contributed by atoms with Crippen LogP contribution >= 0.6 is 11.3 Å². The molecule has 0 aliphatic carbocycles. The van der Waals surface area contributed by atoms with E-state index in [9.17, 15) is 0 Å². The summed E-state index contributed by atoms with van der Waals surface area (Å²) in [6.07, 6.45) is 0. The maximum atomic E-state index is 7.31. The highest BCUT2D eigenvalue weighted by Crippen LogP contribution is 2.36. The molecule has 0 radical (unpaired) electrons. The number of hydrogen-bond donors (Lipinski definition) is 0. The molecule has 2 rings (SSSR count). The van der Waals surface area contributed by atoms with Crippen molar-refractivity contribution in [2.45, 2.75) is 45.7 Å². The van der Waals surface area contributed by atoms with E-state index in [1.807, 2.05) is 27.7 Å². The largest absolute Gasteiger partial charge is 0.515 e. The van der Waals surface area contributed by atoms with E-state index < -0.39 is 25.2 Å². The molecule has 15 heavy (non-hydrogen) atoms. The van der Waals surface area contributed by atoms with E-state index in [0.717, 1.165) is 11.3 Å². The molecule has 0 saturated carbocycles. The van der Waals surface area contributed by atoms with E-state index in [-0.39, 0.29) is 5.01 Å². The van der Waals surface area contributed by atoms with Gasteiger partial charge in [0.15, 0.2) is 0 Å². The maximum absolute atomic E-state index is 7.31. The molecule has 1 aromatic heterocycles. The van der Waals surface area contributed by atoms with Crippen molar-refractivity contribution < 1.29 is 13.4 Å². The topological polar surface area (TPSA) is 31.4 Å². The molecule has 1 aliphatic heterocycles. The van der Waals surface area contributed by atoms with Gasteiger partial charge in [0, 0.05) is 9.49 Å². The Bertz CT molecular complexity index is 442. The van der Waals surface area contributed by atoms with E-state index in [0.29, 0.717) is 5.59 Å². The standard InChI is InChI=1S/C10H16BNO2S/c1-7-12-8(6-15-7)11-13-9(2,3)10(4,5)14-11/h6H,1-5H3/i1D3. The van der Waals surface area contributed by atoms with Gasteiger partial charge < -0.3 is 9.31 Å². The van der Waals surface area contributed by atoms with Crippen LogP contribution < -0.4 is 5.59 Å². The Hall–Kier alpha value is -0.385. The Morgan fingerprint density at radius 3 is 2.40 bits per heavy atom. The zero-order valence-corrected chi connectivity index (χ0v) is 10.1. The third-order valence-corrected chi connectivity index (χ3v) is 3.69. The smallest absolute Gasteiger partial charge is 0.398 e. The van der Waals surface area contributed by atoms with E-state index >= 15 is 0 Å². The Kier molecular flexibility index (Phi) is 1.72. The van der Waals surface area contributed by atoms with Crippen molar-refractivity contribution in [1.29, 1.82) is 0 Å². The minimum atomic E-state index is -2.17. The Balaban J connectivity index is 2.23. The SMILES string of the molecule is [2H]C([2H])([2H])c1nc(B2OC(C)(C)C(C)(C)O2)cs1. The quantitative estimate of drug-likeness (QED) is 0.686. The molecular weight excluding hydrogens is 209 g/mol. The molecule has 0 aromatic carbocycles. The molecule has 82 valence electrons. The normalized spacial score (nSPS) is 27.2. The van der Waals surface area contributed by atoms with Crippen molar-refractivity contribution in [1.82, 2.24) is 4.98 Å². The Morgan fingerprint density at radius 1 is 1.33 bits per heavy atom. The molecule has 0 unspecified atom stereocenters. The lowest BCUT2D eigenvalue weighted by Gasteiger charge is -2.32. The van der Waals surface area contributed by atoms with Crippen molar-refractivity contribution >= 4 is 24.0 Å². The van der Waals surface area contributed by atoms with Crippen LogP contribution in [-0.2, 0) is 9.31 Å². The van der Waals surface area contributed by atoms with Crippen LogP contribution in [0.2, 0.25) is 0 Å². The van der Waals surface area contributed by atoms with Crippen LogP contribution in [0.4, 0.5) is 0 Å². The van der Waals surface area contributed by atoms with Crippen LogP contribution in [-0.4, -0.2) is 23.3 Å². The number of thiazole rings is 1. The molecule has 1 saturated heterocycles. The third kappa shape index (κ3) is 1.84. The molecule has 0 amide bonds. The Labute approximate surface area is 99.2 Å². The zero-order valence-electron chi connectivity index (χ0n) is 12.3. The van der Waals surface area contributed by atoms with Gasteiger partial charge in [0.25, 0.3) is 0 Å². The fourth-order valence-electron chi connectivity index (χ4n) is 1.36. The van der Waals surface area contributed by atoms with Crippen molar-refractivity contribution in [2.24, 2.45) is 0 Å². The summed E-state index contributed by atoms with van der Waals surface area (Å²) < 4.78 is 33.6. The van der Waals surface area contributed by atoms with Crippen LogP contribution in [0.1, 0.15) is 36.8 Å². The number of aryl methyl sites for hydroxylation is 1. The number of hydrogen-bond acceptors (Lipinski definition) is 4. The van der Waals surface area contributed by atoms with Gasteiger partial charge in [-0.15, -0.1) is 11.3 Å². The maximum Gasteiger partial charge on any atom is 0.515 e. The van der Waals surface area contributed by atoms with Gasteiger partial charge in [-0.1, -0.05) is 0 Å². The minimum Gasteiger partial charge on any atom is -0.398 e. The molecule has 0 bridgehead atoms. The zero-order chi connectivity index (χ0) is 13.8. The molecule has 1 aliphatic rings. The lowest BCUT2D eigenvalue weighted by atomic mass is 9.86. The second-order valence-corrected chi connectivity index (χ2v) is 5.52. The van der Waals surface area contributed by atoms with Crippen LogP contribution in [0.15, 0.2) is 5.38 Å². The first-order chi connectivity index (χ1) is 8.03. The van der Waals surface area contributed by atoms with Gasteiger partial charge in [0.05, 0.1) is 21.8 Å². The van der Waals surface area contributed by atoms with Gasteiger partial charge in [-0.25, -0.2) is 0 Å². The monoisotopic (exact) mass is 228 g/mol. The fourth-order valence-corrected chi connectivity index (χ4v) is 1.91. The van der Waals surface area contributed by atoms with Gasteiger partial charge in [0.1, 0.15) is 0 Å². The summed E-state index contributed by atoms with van der Waals surface area (Å²) in [6.45, 7) is 5.62. The summed E-state index contributed by atoms with van der Waals surface area (Å²) in [4.78, 5) is 4.10. The number of aromatic nitrogens is 1. The molecule has 5 heteroatoms. The average Bonchev–Trinajstić information content (AvgIpc) is 2.69. The second-order valence-electron chi connectivity index (χ2n) is 4.67. The summed E-state index contributed by atoms with van der Waals surface area (Å²) >= 11 is 1.11. The summed E-state index contributed by atoms with van der Waals surface area (Å²) in [5, 5.41) is 1.80. The molecule has 2 heterocycles. The summed E-state index contributed by atoms with van der Waals surface area (Å²) in [7, 11) is -0.595. The van der Waals surface area contributed by atoms with Crippen LogP contribution in [0.3, 0.4) is 0 Å². The molecule has 1 aromatic rings. The van der Waals surface area contributed by atoms with E-state index in [4.69, 9.17) is 13.4 Å². The lowest BCUT2D eigenvalue weighted by molar-refractivity contribution is 0.00578. The van der Waals surface area contributed by atoms with E-state index in [1.54, 1.807) is 5.38 Å². The summed E-state index contributed by atoms with van der Waals surface area (Å²) in [6, 6.07) is 0. The van der Waals surface area contributed by atoms with Crippen LogP contribution in [0.25, 0.3) is 0 Å². The van der Waals surface area contributed by atoms with Gasteiger partial charge in [-0.3, -0.25) is 4.98 Å². The van der Waals surface area contributed by atoms with Crippen molar-refractivity contribution in [3.05, 3.63) is 10.4 Å². The number of rotatable bonds is 1. The van der Waals surface area contributed by atoms with Gasteiger partial charge >= 0.3 is 7.12 Å². The fraction of sp³-hybridized carbons (Fsp3) is 0.700. The highest BCUT2D eigenvalue weighted by molar-refractivity contribution is 7.10. The molecular formula is C10H16BNO2S. The van der Waals surface area contributed by atoms with E-state index in [1.165, 1.54) is 0 Å². The predicted octanol–water partition coefficient (Wildman–Crippen LogP) is 1.75. The first-order valence-electron chi connectivity index (χ1n) is 6.34. The highest BCUT2D eigenvalue weighted by atomic mass is 32.1. The van der Waals surface area contributed by atoms with Gasteiger partial charge in [-0.05, 0) is 34.5 Å².